The fourth-order valence-corrected chi connectivity index (χ4v) is 2.21. The zero-order valence-corrected chi connectivity index (χ0v) is 14.1. The Morgan fingerprint density at radius 2 is 2.09 bits per heavy atom. The van der Waals surface area contributed by atoms with Crippen LogP contribution in [0.25, 0.3) is 5.69 Å². The molecule has 0 bridgehead atoms. The lowest BCUT2D eigenvalue weighted by molar-refractivity contribution is 0.0791. The van der Waals surface area contributed by atoms with Crippen molar-refractivity contribution in [2.45, 2.75) is 33.7 Å². The van der Waals surface area contributed by atoms with Crippen molar-refractivity contribution in [2.24, 2.45) is 5.92 Å². The zero-order chi connectivity index (χ0) is 16.8. The third kappa shape index (κ3) is 4.89. The normalized spacial score (nSPS) is 12.4. The van der Waals surface area contributed by atoms with Crippen LogP contribution in [0.2, 0.25) is 0 Å². The molecule has 1 heterocycles. The molecule has 1 N–H and O–H groups in total. The second kappa shape index (κ2) is 7.87. The van der Waals surface area contributed by atoms with Gasteiger partial charge in [0.15, 0.2) is 0 Å². The largest absolute Gasteiger partial charge is 0.379 e. The van der Waals surface area contributed by atoms with Gasteiger partial charge in [0.25, 0.3) is 5.91 Å². The van der Waals surface area contributed by atoms with Crippen molar-refractivity contribution in [3.63, 3.8) is 0 Å². The molecule has 1 unspecified atom stereocenters. The number of hydrogen-bond donors (Lipinski definition) is 1. The molecule has 0 aliphatic rings. The number of nitrogens with zero attached hydrogens (tertiary/aromatic N) is 3. The SMILES string of the molecule is Cc1cc(-n2cncn2)ccc1C(=O)NC(C)COCC(C)C. The summed E-state index contributed by atoms with van der Waals surface area (Å²) in [6, 6.07) is 5.55. The van der Waals surface area contributed by atoms with Crippen molar-refractivity contribution >= 4 is 5.91 Å². The van der Waals surface area contributed by atoms with Crippen LogP contribution in [0.15, 0.2) is 30.9 Å². The first-order chi connectivity index (χ1) is 11.0. The van der Waals surface area contributed by atoms with Gasteiger partial charge in [-0.1, -0.05) is 13.8 Å². The first kappa shape index (κ1) is 17.1. The van der Waals surface area contributed by atoms with Gasteiger partial charge in [0.05, 0.1) is 12.3 Å². The number of carbonyl (C=O) groups is 1. The van der Waals surface area contributed by atoms with Crippen LogP contribution >= 0.6 is 0 Å². The molecule has 2 aromatic rings. The molecule has 2 rings (SSSR count). The third-order valence-electron chi connectivity index (χ3n) is 3.33. The van der Waals surface area contributed by atoms with Crippen LogP contribution < -0.4 is 5.32 Å². The molecule has 23 heavy (non-hydrogen) atoms. The topological polar surface area (TPSA) is 69.0 Å². The summed E-state index contributed by atoms with van der Waals surface area (Å²) in [6.45, 7) is 9.27. The molecule has 1 atom stereocenters. The molecule has 0 spiro atoms. The summed E-state index contributed by atoms with van der Waals surface area (Å²) < 4.78 is 7.22. The second-order valence-corrected chi connectivity index (χ2v) is 6.15. The highest BCUT2D eigenvalue weighted by molar-refractivity contribution is 5.96. The van der Waals surface area contributed by atoms with Gasteiger partial charge in [0, 0.05) is 18.2 Å². The van der Waals surface area contributed by atoms with Crippen molar-refractivity contribution in [3.05, 3.63) is 42.0 Å². The van der Waals surface area contributed by atoms with Crippen LogP contribution in [0.1, 0.15) is 36.7 Å². The van der Waals surface area contributed by atoms with E-state index >= 15 is 0 Å². The Kier molecular flexibility index (Phi) is 5.87. The van der Waals surface area contributed by atoms with Crippen molar-refractivity contribution in [2.75, 3.05) is 13.2 Å². The maximum Gasteiger partial charge on any atom is 0.251 e. The highest BCUT2D eigenvalue weighted by atomic mass is 16.5. The molecule has 1 aromatic heterocycles. The minimum Gasteiger partial charge on any atom is -0.379 e. The van der Waals surface area contributed by atoms with Gasteiger partial charge >= 0.3 is 0 Å². The summed E-state index contributed by atoms with van der Waals surface area (Å²) in [4.78, 5) is 16.3. The number of benzene rings is 1. The van der Waals surface area contributed by atoms with E-state index in [1.807, 2.05) is 32.0 Å². The van der Waals surface area contributed by atoms with Crippen LogP contribution in [0.5, 0.6) is 0 Å². The molecule has 0 aliphatic heterocycles. The molecule has 124 valence electrons. The summed E-state index contributed by atoms with van der Waals surface area (Å²) >= 11 is 0. The Labute approximate surface area is 136 Å². The van der Waals surface area contributed by atoms with E-state index < -0.39 is 0 Å². The summed E-state index contributed by atoms with van der Waals surface area (Å²) in [6.07, 6.45) is 3.11. The molecule has 1 aromatic carbocycles. The Hall–Kier alpha value is -2.21. The summed E-state index contributed by atoms with van der Waals surface area (Å²) in [7, 11) is 0. The molecule has 0 fully saturated rings. The highest BCUT2D eigenvalue weighted by Crippen LogP contribution is 2.14. The van der Waals surface area contributed by atoms with Gasteiger partial charge in [-0.05, 0) is 43.5 Å². The first-order valence-corrected chi connectivity index (χ1v) is 7.81. The maximum atomic E-state index is 12.4. The van der Waals surface area contributed by atoms with E-state index in [0.29, 0.717) is 24.7 Å². The Balaban J connectivity index is 1.97. The quantitative estimate of drug-likeness (QED) is 0.851. The second-order valence-electron chi connectivity index (χ2n) is 6.15. The van der Waals surface area contributed by atoms with E-state index in [9.17, 15) is 4.79 Å². The molecule has 0 saturated heterocycles. The van der Waals surface area contributed by atoms with Gasteiger partial charge < -0.3 is 10.1 Å². The summed E-state index contributed by atoms with van der Waals surface area (Å²) in [5, 5.41) is 7.05. The minimum atomic E-state index is -0.0895. The smallest absolute Gasteiger partial charge is 0.251 e. The van der Waals surface area contributed by atoms with Crippen LogP contribution in [-0.2, 0) is 4.74 Å². The van der Waals surface area contributed by atoms with Gasteiger partial charge in [-0.15, -0.1) is 0 Å². The summed E-state index contributed by atoms with van der Waals surface area (Å²) in [5.41, 5.74) is 2.43. The van der Waals surface area contributed by atoms with E-state index in [-0.39, 0.29) is 11.9 Å². The average Bonchev–Trinajstić information content (AvgIpc) is 3.00. The fourth-order valence-electron chi connectivity index (χ4n) is 2.21. The lowest BCUT2D eigenvalue weighted by Gasteiger charge is -2.16. The number of carbonyl (C=O) groups excluding carboxylic acids is 1. The van der Waals surface area contributed by atoms with E-state index in [2.05, 4.69) is 29.2 Å². The fraction of sp³-hybridized carbons (Fsp3) is 0.471. The number of rotatable bonds is 7. The van der Waals surface area contributed by atoms with Crippen LogP contribution in [0.3, 0.4) is 0 Å². The molecular formula is C17H24N4O2. The van der Waals surface area contributed by atoms with Gasteiger partial charge in [0.2, 0.25) is 0 Å². The highest BCUT2D eigenvalue weighted by Gasteiger charge is 2.13. The number of aryl methyl sites for hydroxylation is 1. The van der Waals surface area contributed by atoms with E-state index in [1.165, 1.54) is 6.33 Å². The standard InChI is InChI=1S/C17H24N4O2/c1-12(2)8-23-9-14(4)20-17(22)16-6-5-15(7-13(16)3)21-11-18-10-19-21/h5-7,10-12,14H,8-9H2,1-4H3,(H,20,22). The van der Waals surface area contributed by atoms with Gasteiger partial charge in [0.1, 0.15) is 12.7 Å². The molecule has 1 amide bonds. The number of nitrogens with one attached hydrogen (secondary N) is 1. The summed E-state index contributed by atoms with van der Waals surface area (Å²) in [5.74, 6) is 0.401. The van der Waals surface area contributed by atoms with Crippen molar-refractivity contribution in [3.8, 4) is 5.69 Å². The molecule has 6 nitrogen and oxygen atoms in total. The molecular weight excluding hydrogens is 292 g/mol. The Morgan fingerprint density at radius 1 is 1.30 bits per heavy atom. The predicted molar refractivity (Wildman–Crippen MR) is 88.7 cm³/mol. The molecule has 0 radical (unpaired) electrons. The van der Waals surface area contributed by atoms with Crippen molar-refractivity contribution < 1.29 is 9.53 Å². The molecule has 0 saturated carbocycles. The first-order valence-electron chi connectivity index (χ1n) is 7.81. The monoisotopic (exact) mass is 316 g/mol. The number of aromatic nitrogens is 3. The van der Waals surface area contributed by atoms with Crippen molar-refractivity contribution in [1.82, 2.24) is 20.1 Å². The van der Waals surface area contributed by atoms with Crippen LogP contribution in [0.4, 0.5) is 0 Å². The number of hydrogen-bond acceptors (Lipinski definition) is 4. The van der Waals surface area contributed by atoms with Gasteiger partial charge in [-0.25, -0.2) is 9.67 Å². The Bertz CT molecular complexity index is 638. The zero-order valence-electron chi connectivity index (χ0n) is 14.1. The predicted octanol–water partition coefficient (Wildman–Crippen LogP) is 2.37. The average molecular weight is 316 g/mol. The number of ether oxygens (including phenoxy) is 1. The minimum absolute atomic E-state index is 0.0318. The number of amides is 1. The van der Waals surface area contributed by atoms with Gasteiger partial charge in [-0.3, -0.25) is 4.79 Å². The van der Waals surface area contributed by atoms with E-state index in [4.69, 9.17) is 4.74 Å². The van der Waals surface area contributed by atoms with E-state index in [1.54, 1.807) is 11.0 Å². The lowest BCUT2D eigenvalue weighted by atomic mass is 10.1. The third-order valence-corrected chi connectivity index (χ3v) is 3.33. The maximum absolute atomic E-state index is 12.4. The van der Waals surface area contributed by atoms with Gasteiger partial charge in [-0.2, -0.15) is 5.10 Å². The van der Waals surface area contributed by atoms with Crippen molar-refractivity contribution in [1.29, 1.82) is 0 Å². The van der Waals surface area contributed by atoms with Crippen LogP contribution in [0, 0.1) is 12.8 Å². The molecule has 6 heteroatoms. The molecule has 0 aliphatic carbocycles. The van der Waals surface area contributed by atoms with Crippen LogP contribution in [-0.4, -0.2) is 39.9 Å². The Morgan fingerprint density at radius 3 is 2.70 bits per heavy atom. The van der Waals surface area contributed by atoms with E-state index in [0.717, 1.165) is 11.3 Å². The lowest BCUT2D eigenvalue weighted by Crippen LogP contribution is -2.36.